The Morgan fingerprint density at radius 3 is 1.67 bits per heavy atom. The van der Waals surface area contributed by atoms with Crippen molar-refractivity contribution in [1.29, 1.82) is 0 Å². The molecule has 0 fully saturated rings. The molecule has 0 N–H and O–H groups in total. The Labute approximate surface area is 316 Å². The van der Waals surface area contributed by atoms with Crippen LogP contribution in [0.25, 0.3) is 110 Å². The molecule has 0 unspecified atom stereocenters. The third-order valence-corrected chi connectivity index (χ3v) is 11.5. The molecule has 0 atom stereocenters. The van der Waals surface area contributed by atoms with Crippen LogP contribution in [-0.4, -0.2) is 9.13 Å². The molecular formula is C52H32N2O. The Morgan fingerprint density at radius 1 is 0.309 bits per heavy atom. The zero-order valence-corrected chi connectivity index (χ0v) is 29.8. The van der Waals surface area contributed by atoms with Crippen molar-refractivity contribution in [2.45, 2.75) is 0 Å². The summed E-state index contributed by atoms with van der Waals surface area (Å²) in [7, 11) is 0. The van der Waals surface area contributed by atoms with Crippen LogP contribution >= 0.6 is 0 Å². The number of para-hydroxylation sites is 2. The van der Waals surface area contributed by atoms with Crippen molar-refractivity contribution in [2.24, 2.45) is 0 Å². The lowest BCUT2D eigenvalue weighted by Gasteiger charge is -2.12. The Kier molecular flexibility index (Phi) is 6.34. The van der Waals surface area contributed by atoms with Crippen LogP contribution in [0.3, 0.4) is 0 Å². The molecule has 3 heterocycles. The first-order valence-electron chi connectivity index (χ1n) is 18.8. The van der Waals surface area contributed by atoms with Gasteiger partial charge in [0, 0.05) is 43.7 Å². The number of hydrogen-bond donors (Lipinski definition) is 0. The molecule has 12 aromatic rings. The Morgan fingerprint density at radius 2 is 0.855 bits per heavy atom. The molecule has 256 valence electrons. The zero-order chi connectivity index (χ0) is 36.0. The minimum atomic E-state index is 0.904. The molecule has 0 aliphatic rings. The highest BCUT2D eigenvalue weighted by molar-refractivity contribution is 6.21. The molecule has 0 spiro atoms. The Balaban J connectivity index is 1.14. The maximum atomic E-state index is 6.29. The van der Waals surface area contributed by atoms with Gasteiger partial charge in [0.1, 0.15) is 11.2 Å². The number of nitrogens with zero attached hydrogens (tertiary/aromatic N) is 2. The van der Waals surface area contributed by atoms with Gasteiger partial charge in [-0.25, -0.2) is 0 Å². The van der Waals surface area contributed by atoms with E-state index in [4.69, 9.17) is 4.42 Å². The molecule has 0 bridgehead atoms. The van der Waals surface area contributed by atoms with Crippen molar-refractivity contribution in [3.63, 3.8) is 0 Å². The summed E-state index contributed by atoms with van der Waals surface area (Å²) in [6, 6.07) is 70.4. The minimum absolute atomic E-state index is 0.904. The summed E-state index contributed by atoms with van der Waals surface area (Å²) < 4.78 is 11.2. The average Bonchev–Trinajstić information content (AvgIpc) is 3.89. The van der Waals surface area contributed by atoms with Crippen LogP contribution in [0, 0.1) is 0 Å². The Bertz CT molecular complexity index is 3490. The highest BCUT2D eigenvalue weighted by atomic mass is 16.3. The maximum Gasteiger partial charge on any atom is 0.136 e. The summed E-state index contributed by atoms with van der Waals surface area (Å²) in [6.07, 6.45) is 0. The highest BCUT2D eigenvalue weighted by Gasteiger charge is 2.20. The molecule has 12 rings (SSSR count). The van der Waals surface area contributed by atoms with Crippen molar-refractivity contribution >= 4 is 76.3 Å². The fourth-order valence-electron chi connectivity index (χ4n) is 9.00. The number of aromatic nitrogens is 2. The molecular weight excluding hydrogens is 669 g/mol. The molecule has 9 aromatic carbocycles. The fourth-order valence-corrected chi connectivity index (χ4v) is 9.00. The summed E-state index contributed by atoms with van der Waals surface area (Å²) in [4.78, 5) is 0. The predicted octanol–water partition coefficient (Wildman–Crippen LogP) is 14.3. The van der Waals surface area contributed by atoms with Gasteiger partial charge in [0.2, 0.25) is 0 Å². The fraction of sp³-hybridized carbons (Fsp3) is 0. The van der Waals surface area contributed by atoms with Gasteiger partial charge in [0.15, 0.2) is 0 Å². The lowest BCUT2D eigenvalue weighted by molar-refractivity contribution is 0.669. The first-order valence-corrected chi connectivity index (χ1v) is 18.8. The van der Waals surface area contributed by atoms with Gasteiger partial charge in [-0.1, -0.05) is 127 Å². The van der Waals surface area contributed by atoms with Gasteiger partial charge < -0.3 is 13.6 Å². The van der Waals surface area contributed by atoms with E-state index in [-0.39, 0.29) is 0 Å². The van der Waals surface area contributed by atoms with E-state index in [1.54, 1.807) is 0 Å². The predicted molar refractivity (Wildman–Crippen MR) is 231 cm³/mol. The van der Waals surface area contributed by atoms with Crippen LogP contribution < -0.4 is 0 Å². The number of hydrogen-bond acceptors (Lipinski definition) is 1. The number of rotatable bonds is 4. The quantitative estimate of drug-likeness (QED) is 0.179. The van der Waals surface area contributed by atoms with Crippen molar-refractivity contribution < 1.29 is 4.42 Å². The molecule has 0 aliphatic carbocycles. The maximum absolute atomic E-state index is 6.29. The molecule has 3 aromatic heterocycles. The van der Waals surface area contributed by atoms with Crippen LogP contribution in [0.5, 0.6) is 0 Å². The minimum Gasteiger partial charge on any atom is -0.456 e. The van der Waals surface area contributed by atoms with E-state index in [2.05, 4.69) is 191 Å². The van der Waals surface area contributed by atoms with Gasteiger partial charge in [-0.3, -0.25) is 0 Å². The van der Waals surface area contributed by atoms with Gasteiger partial charge in [-0.05, 0) is 99.8 Å². The van der Waals surface area contributed by atoms with Gasteiger partial charge >= 0.3 is 0 Å². The first kappa shape index (κ1) is 30.1. The molecule has 0 aliphatic heterocycles. The van der Waals surface area contributed by atoms with Crippen LogP contribution in [0.1, 0.15) is 0 Å². The normalized spacial score (nSPS) is 12.0. The van der Waals surface area contributed by atoms with Crippen LogP contribution in [0.4, 0.5) is 0 Å². The lowest BCUT2D eigenvalue weighted by atomic mass is 9.99. The summed E-state index contributed by atoms with van der Waals surface area (Å²) in [5.74, 6) is 0. The van der Waals surface area contributed by atoms with Gasteiger partial charge in [-0.2, -0.15) is 0 Å². The number of benzene rings is 9. The summed E-state index contributed by atoms with van der Waals surface area (Å²) in [5, 5.41) is 9.68. The first-order chi connectivity index (χ1) is 27.3. The molecule has 0 amide bonds. The number of fused-ring (bicyclic) bond motifs is 10. The van der Waals surface area contributed by atoms with E-state index in [0.717, 1.165) is 38.9 Å². The monoisotopic (exact) mass is 700 g/mol. The SMILES string of the molecule is c1ccc(-c2cccc(-n3c4cc5ccccc5cc4c4cc5c(cc43)c3ccccc3n5-c3cccc(-c4cccc5oc6ccccc6c45)c3)c2)cc1. The lowest BCUT2D eigenvalue weighted by Crippen LogP contribution is -1.95. The molecule has 0 saturated heterocycles. The second-order valence-corrected chi connectivity index (χ2v) is 14.5. The van der Waals surface area contributed by atoms with Crippen LogP contribution in [0.15, 0.2) is 199 Å². The number of furan rings is 1. The topological polar surface area (TPSA) is 23.0 Å². The van der Waals surface area contributed by atoms with Crippen molar-refractivity contribution in [2.75, 3.05) is 0 Å². The van der Waals surface area contributed by atoms with Gasteiger partial charge in [-0.15, -0.1) is 0 Å². The molecule has 3 nitrogen and oxygen atoms in total. The molecule has 0 saturated carbocycles. The largest absolute Gasteiger partial charge is 0.456 e. The summed E-state index contributed by atoms with van der Waals surface area (Å²) in [5.41, 5.74) is 13.6. The van der Waals surface area contributed by atoms with Gasteiger partial charge in [0.05, 0.1) is 22.1 Å². The van der Waals surface area contributed by atoms with E-state index >= 15 is 0 Å². The van der Waals surface area contributed by atoms with E-state index in [1.165, 1.54) is 71.1 Å². The molecule has 55 heavy (non-hydrogen) atoms. The molecule has 0 radical (unpaired) electrons. The van der Waals surface area contributed by atoms with Crippen molar-refractivity contribution in [3.8, 4) is 33.6 Å². The van der Waals surface area contributed by atoms with Crippen molar-refractivity contribution in [3.05, 3.63) is 194 Å². The second kappa shape index (κ2) is 11.6. The van der Waals surface area contributed by atoms with E-state index in [9.17, 15) is 0 Å². The third-order valence-electron chi connectivity index (χ3n) is 11.5. The van der Waals surface area contributed by atoms with Crippen LogP contribution in [0.2, 0.25) is 0 Å². The van der Waals surface area contributed by atoms with Gasteiger partial charge in [0.25, 0.3) is 0 Å². The zero-order valence-electron chi connectivity index (χ0n) is 29.8. The second-order valence-electron chi connectivity index (χ2n) is 14.5. The smallest absolute Gasteiger partial charge is 0.136 e. The summed E-state index contributed by atoms with van der Waals surface area (Å²) >= 11 is 0. The van der Waals surface area contributed by atoms with E-state index < -0.39 is 0 Å². The average molecular weight is 701 g/mol. The molecule has 3 heteroatoms. The van der Waals surface area contributed by atoms with Crippen molar-refractivity contribution in [1.82, 2.24) is 9.13 Å². The Hall–Kier alpha value is -7.36. The van der Waals surface area contributed by atoms with Crippen LogP contribution in [-0.2, 0) is 0 Å². The summed E-state index contributed by atoms with van der Waals surface area (Å²) in [6.45, 7) is 0. The highest BCUT2D eigenvalue weighted by Crippen LogP contribution is 2.42. The third kappa shape index (κ3) is 4.50. The van der Waals surface area contributed by atoms with E-state index in [0.29, 0.717) is 0 Å². The standard InChI is InChI=1S/C52H32N2O/c1-2-13-33(14-3-1)34-17-10-19-38(27-34)54-47-30-36-16-5-4-15-35(36)29-43(47)45-32-48-44(31-49(45)54)41-21-6-8-24-46(41)53(48)39-20-11-18-37(28-39)40-23-12-26-51-52(40)42-22-7-9-25-50(42)55-51/h1-32H. The van der Waals surface area contributed by atoms with E-state index in [1.807, 2.05) is 12.1 Å².